The van der Waals surface area contributed by atoms with E-state index in [9.17, 15) is 4.79 Å². The van der Waals surface area contributed by atoms with E-state index >= 15 is 0 Å². The molecule has 1 aliphatic heterocycles. The van der Waals surface area contributed by atoms with Crippen LogP contribution in [0.4, 0.5) is 5.69 Å². The number of benzene rings is 3. The largest absolute Gasteiger partial charge is 0.370 e. The maximum Gasteiger partial charge on any atom is 0.250 e. The molecule has 0 unspecified atom stereocenters. The molecule has 3 aromatic carbocycles. The van der Waals surface area contributed by atoms with Gasteiger partial charge in [-0.3, -0.25) is 4.79 Å². The molecule has 0 radical (unpaired) electrons. The molecule has 0 bridgehead atoms. The summed E-state index contributed by atoms with van der Waals surface area (Å²) in [7, 11) is 5.89. The van der Waals surface area contributed by atoms with Crippen LogP contribution in [0.3, 0.4) is 0 Å². The first-order valence-corrected chi connectivity index (χ1v) is 11.9. The molecule has 0 fully saturated rings. The van der Waals surface area contributed by atoms with Gasteiger partial charge in [-0.2, -0.15) is 0 Å². The Morgan fingerprint density at radius 3 is 1.91 bits per heavy atom. The Balaban J connectivity index is 0.000000124. The molecular formula is C30H29N3OS. The third kappa shape index (κ3) is 5.58. The van der Waals surface area contributed by atoms with Gasteiger partial charge in [0.05, 0.1) is 5.52 Å². The van der Waals surface area contributed by atoms with Gasteiger partial charge in [-0.15, -0.1) is 0 Å². The van der Waals surface area contributed by atoms with Crippen molar-refractivity contribution in [2.45, 2.75) is 0 Å². The minimum absolute atomic E-state index is 0.0358. The fraction of sp³-hybridized carbons (Fsp3) is 0.133. The first kappa shape index (κ1) is 24.2. The molecule has 0 atom stereocenters. The van der Waals surface area contributed by atoms with Crippen LogP contribution in [0.25, 0.3) is 27.9 Å². The monoisotopic (exact) mass is 479 g/mol. The van der Waals surface area contributed by atoms with E-state index in [0.717, 1.165) is 22.1 Å². The average Bonchev–Trinajstić information content (AvgIpc) is 2.90. The molecule has 6 rings (SSSR count). The number of hydrogen-bond acceptors (Lipinski definition) is 3. The van der Waals surface area contributed by atoms with Crippen molar-refractivity contribution < 1.29 is 0 Å². The lowest BCUT2D eigenvalue weighted by Gasteiger charge is -2.22. The highest BCUT2D eigenvalue weighted by atomic mass is 32.1. The molecule has 0 N–H and O–H groups in total. The molecule has 2 aromatic heterocycles. The summed E-state index contributed by atoms with van der Waals surface area (Å²) in [6.45, 7) is 1.02. The summed E-state index contributed by atoms with van der Waals surface area (Å²) in [4.78, 5) is 13.4. The van der Waals surface area contributed by atoms with Crippen LogP contribution >= 0.6 is 12.2 Å². The van der Waals surface area contributed by atoms with Crippen LogP contribution in [-0.2, 0) is 14.1 Å². The summed E-state index contributed by atoms with van der Waals surface area (Å²) in [6, 6.07) is 31.9. The van der Waals surface area contributed by atoms with Crippen molar-refractivity contribution in [3.05, 3.63) is 124 Å². The molecule has 5 aromatic rings. The Morgan fingerprint density at radius 2 is 1.23 bits per heavy atom. The van der Waals surface area contributed by atoms with Crippen LogP contribution in [0.15, 0.2) is 108 Å². The number of aromatic nitrogens is 2. The van der Waals surface area contributed by atoms with Gasteiger partial charge in [0.25, 0.3) is 5.56 Å². The Kier molecular flexibility index (Phi) is 7.58. The molecule has 176 valence electrons. The van der Waals surface area contributed by atoms with Crippen LogP contribution in [0, 0.1) is 4.64 Å². The van der Waals surface area contributed by atoms with Crippen LogP contribution < -0.4 is 10.5 Å². The van der Waals surface area contributed by atoms with Crippen molar-refractivity contribution in [2.75, 3.05) is 18.5 Å². The lowest BCUT2D eigenvalue weighted by atomic mass is 10.1. The van der Waals surface area contributed by atoms with Gasteiger partial charge in [-0.1, -0.05) is 79.0 Å². The van der Waals surface area contributed by atoms with Crippen LogP contribution in [0.1, 0.15) is 5.56 Å². The molecule has 5 heteroatoms. The first-order chi connectivity index (χ1) is 17.0. The van der Waals surface area contributed by atoms with Crippen molar-refractivity contribution in [3.8, 4) is 0 Å². The number of anilines is 1. The third-order valence-electron chi connectivity index (χ3n) is 6.09. The van der Waals surface area contributed by atoms with Gasteiger partial charge < -0.3 is 14.0 Å². The second-order valence-corrected chi connectivity index (χ2v) is 8.84. The molecule has 3 heterocycles. The Bertz CT molecular complexity index is 1520. The highest BCUT2D eigenvalue weighted by Crippen LogP contribution is 2.23. The average molecular weight is 480 g/mol. The molecule has 0 aliphatic carbocycles. The van der Waals surface area contributed by atoms with Crippen LogP contribution in [0.2, 0.25) is 0 Å². The van der Waals surface area contributed by atoms with Gasteiger partial charge in [0.2, 0.25) is 0 Å². The molecule has 35 heavy (non-hydrogen) atoms. The van der Waals surface area contributed by atoms with Crippen LogP contribution in [-0.4, -0.2) is 22.7 Å². The number of hydrogen-bond donors (Lipinski definition) is 0. The number of likely N-dealkylation sites (N-methyl/N-ethyl adjacent to an activating group) is 1. The topological polar surface area (TPSA) is 30.2 Å². The summed E-state index contributed by atoms with van der Waals surface area (Å²) < 4.78 is 4.54. The SMILES string of the molecule is CN1CC=Cc2ccccc21.Cn1c(=O)ccc2ccccc21.Cn1c(=S)ccc2ccccc21. The number of fused-ring (bicyclic) bond motifs is 3. The van der Waals surface area contributed by atoms with Crippen molar-refractivity contribution >= 4 is 45.8 Å². The second kappa shape index (κ2) is 11.0. The lowest BCUT2D eigenvalue weighted by molar-refractivity contribution is 0.906. The van der Waals surface area contributed by atoms with E-state index in [-0.39, 0.29) is 5.56 Å². The quantitative estimate of drug-likeness (QED) is 0.235. The zero-order valence-corrected chi connectivity index (χ0v) is 21.1. The van der Waals surface area contributed by atoms with Crippen molar-refractivity contribution in [1.82, 2.24) is 9.13 Å². The fourth-order valence-electron chi connectivity index (χ4n) is 4.06. The van der Waals surface area contributed by atoms with E-state index in [1.807, 2.05) is 60.1 Å². The van der Waals surface area contributed by atoms with E-state index in [1.54, 1.807) is 17.7 Å². The van der Waals surface area contributed by atoms with Gasteiger partial charge in [0.1, 0.15) is 4.64 Å². The molecule has 0 amide bonds. The van der Waals surface area contributed by atoms with Crippen molar-refractivity contribution in [1.29, 1.82) is 0 Å². The van der Waals surface area contributed by atoms with Gasteiger partial charge in [0.15, 0.2) is 0 Å². The normalized spacial score (nSPS) is 11.8. The summed E-state index contributed by atoms with van der Waals surface area (Å²) in [6.07, 6.45) is 4.36. The predicted octanol–water partition coefficient (Wildman–Crippen LogP) is 6.60. The molecule has 0 spiro atoms. The van der Waals surface area contributed by atoms with Gasteiger partial charge in [-0.25, -0.2) is 0 Å². The van der Waals surface area contributed by atoms with Crippen LogP contribution in [0.5, 0.6) is 0 Å². The number of para-hydroxylation sites is 3. The predicted molar refractivity (Wildman–Crippen MR) is 152 cm³/mol. The second-order valence-electron chi connectivity index (χ2n) is 8.42. The molecule has 0 saturated carbocycles. The van der Waals surface area contributed by atoms with Gasteiger partial charge >= 0.3 is 0 Å². The number of rotatable bonds is 0. The summed E-state index contributed by atoms with van der Waals surface area (Å²) >= 11 is 5.14. The lowest BCUT2D eigenvalue weighted by Crippen LogP contribution is -2.19. The van der Waals surface area contributed by atoms with E-state index < -0.39 is 0 Å². The number of aryl methyl sites for hydroxylation is 2. The van der Waals surface area contributed by atoms with E-state index in [1.165, 1.54) is 22.2 Å². The highest BCUT2D eigenvalue weighted by molar-refractivity contribution is 7.71. The summed E-state index contributed by atoms with van der Waals surface area (Å²) in [5.41, 5.74) is 4.85. The fourth-order valence-corrected chi connectivity index (χ4v) is 4.23. The highest BCUT2D eigenvalue weighted by Gasteiger charge is 2.06. The standard InChI is InChI=1S/C10H9NO.C10H9NS.C10H11N/c2*1-11-9-5-3-2-4-8(9)6-7-10(11)12;1-11-8-4-6-9-5-2-3-7-10(9)11/h2*2-7H,1H3;2-7H,8H2,1H3. The van der Waals surface area contributed by atoms with E-state index in [0.29, 0.717) is 0 Å². The van der Waals surface area contributed by atoms with E-state index in [2.05, 4.69) is 66.6 Å². The molecule has 4 nitrogen and oxygen atoms in total. The third-order valence-corrected chi connectivity index (χ3v) is 6.50. The maximum absolute atomic E-state index is 11.2. The first-order valence-electron chi connectivity index (χ1n) is 11.5. The Labute approximate surface area is 211 Å². The maximum atomic E-state index is 11.2. The minimum atomic E-state index is 0.0358. The zero-order chi connectivity index (χ0) is 24.8. The molecule has 1 aliphatic rings. The Hall–Kier alpha value is -3.96. The van der Waals surface area contributed by atoms with E-state index in [4.69, 9.17) is 12.2 Å². The van der Waals surface area contributed by atoms with Crippen molar-refractivity contribution in [3.63, 3.8) is 0 Å². The zero-order valence-electron chi connectivity index (χ0n) is 20.3. The molecular weight excluding hydrogens is 450 g/mol. The van der Waals surface area contributed by atoms with Gasteiger partial charge in [0, 0.05) is 45.0 Å². The summed E-state index contributed by atoms with van der Waals surface area (Å²) in [5.74, 6) is 0. The number of pyridine rings is 2. The van der Waals surface area contributed by atoms with Gasteiger partial charge in [-0.05, 0) is 52.7 Å². The number of nitrogens with zero attached hydrogens (tertiary/aromatic N) is 3. The smallest absolute Gasteiger partial charge is 0.250 e. The minimum Gasteiger partial charge on any atom is -0.370 e. The van der Waals surface area contributed by atoms with Crippen molar-refractivity contribution in [2.24, 2.45) is 14.1 Å². The molecule has 0 saturated heterocycles. The Morgan fingerprint density at radius 1 is 0.657 bits per heavy atom. The summed E-state index contributed by atoms with van der Waals surface area (Å²) in [5, 5.41) is 2.33.